The van der Waals surface area contributed by atoms with Gasteiger partial charge in [0.2, 0.25) is 0 Å². The number of amides is 1. The maximum atomic E-state index is 12.5. The van der Waals surface area contributed by atoms with Gasteiger partial charge < -0.3 is 10.1 Å². The molecule has 0 spiro atoms. The van der Waals surface area contributed by atoms with Crippen LogP contribution in [0.1, 0.15) is 31.4 Å². The molecule has 1 amide bonds. The smallest absolute Gasteiger partial charge is 0.265 e. The molecule has 1 N–H and O–H groups in total. The summed E-state index contributed by atoms with van der Waals surface area (Å²) in [4.78, 5) is 12.5. The third kappa shape index (κ3) is 3.88. The number of rotatable bonds is 6. The first-order valence-electron chi connectivity index (χ1n) is 7.76. The Hall–Kier alpha value is -2.29. The maximum Gasteiger partial charge on any atom is 0.265 e. The van der Waals surface area contributed by atoms with Crippen molar-refractivity contribution >= 4 is 11.6 Å². The Morgan fingerprint density at radius 3 is 2.45 bits per heavy atom. The van der Waals surface area contributed by atoms with Crippen LogP contribution >= 0.6 is 0 Å². The summed E-state index contributed by atoms with van der Waals surface area (Å²) < 4.78 is 5.80. The van der Waals surface area contributed by atoms with Crippen LogP contribution in [0.5, 0.6) is 5.75 Å². The molecule has 116 valence electrons. The Labute approximate surface area is 132 Å². The van der Waals surface area contributed by atoms with Gasteiger partial charge in [-0.05, 0) is 43.0 Å². The van der Waals surface area contributed by atoms with Crippen molar-refractivity contribution in [1.82, 2.24) is 0 Å². The summed E-state index contributed by atoms with van der Waals surface area (Å²) in [5.41, 5.74) is 3.12. The van der Waals surface area contributed by atoms with Gasteiger partial charge in [0.05, 0.1) is 0 Å². The molecule has 2 rings (SSSR count). The quantitative estimate of drug-likeness (QED) is 0.860. The summed E-state index contributed by atoms with van der Waals surface area (Å²) in [6.45, 7) is 6.04. The fourth-order valence-corrected chi connectivity index (χ4v) is 2.39. The van der Waals surface area contributed by atoms with Gasteiger partial charge in [-0.2, -0.15) is 0 Å². The molecule has 0 fully saturated rings. The predicted octanol–water partition coefficient (Wildman–Crippen LogP) is 4.35. The van der Waals surface area contributed by atoms with Crippen LogP contribution in [0.3, 0.4) is 0 Å². The number of carbonyl (C=O) groups is 1. The Bertz CT molecular complexity index is 623. The van der Waals surface area contributed by atoms with Gasteiger partial charge in [0, 0.05) is 5.69 Å². The summed E-state index contributed by atoms with van der Waals surface area (Å²) in [5, 5.41) is 3.04. The first kappa shape index (κ1) is 16.1. The summed E-state index contributed by atoms with van der Waals surface area (Å²) in [7, 11) is 0. The van der Waals surface area contributed by atoms with Crippen molar-refractivity contribution in [2.24, 2.45) is 0 Å². The second kappa shape index (κ2) is 7.64. The standard InChI is InChI=1S/C19H23NO2/c1-4-15-11-9-10-14(3)18(15)20-19(21)17(5-2)22-16-12-7-6-8-13-16/h6-13,17H,4-5H2,1-3H3,(H,20,21)/t17-/m0/s1. The molecular weight excluding hydrogens is 274 g/mol. The first-order valence-corrected chi connectivity index (χ1v) is 7.76. The van der Waals surface area contributed by atoms with E-state index in [1.165, 1.54) is 0 Å². The molecule has 0 unspecified atom stereocenters. The molecule has 2 aromatic rings. The molecule has 2 aromatic carbocycles. The summed E-state index contributed by atoms with van der Waals surface area (Å²) >= 11 is 0. The average molecular weight is 297 g/mol. The Morgan fingerprint density at radius 2 is 1.82 bits per heavy atom. The fraction of sp³-hybridized carbons (Fsp3) is 0.316. The molecule has 0 aliphatic heterocycles. The lowest BCUT2D eigenvalue weighted by atomic mass is 10.1. The monoisotopic (exact) mass is 297 g/mol. The topological polar surface area (TPSA) is 38.3 Å². The summed E-state index contributed by atoms with van der Waals surface area (Å²) in [5.74, 6) is 0.611. The molecule has 0 aliphatic rings. The lowest BCUT2D eigenvalue weighted by Gasteiger charge is -2.19. The van der Waals surface area contributed by atoms with Crippen molar-refractivity contribution in [2.45, 2.75) is 39.7 Å². The second-order valence-corrected chi connectivity index (χ2v) is 5.28. The van der Waals surface area contributed by atoms with Crippen LogP contribution in [-0.2, 0) is 11.2 Å². The average Bonchev–Trinajstić information content (AvgIpc) is 2.55. The molecule has 0 saturated carbocycles. The van der Waals surface area contributed by atoms with E-state index in [9.17, 15) is 4.79 Å². The van der Waals surface area contributed by atoms with Gasteiger partial charge in [0.25, 0.3) is 5.91 Å². The highest BCUT2D eigenvalue weighted by Gasteiger charge is 2.20. The summed E-state index contributed by atoms with van der Waals surface area (Å²) in [6.07, 6.45) is 1.01. The van der Waals surface area contributed by atoms with Gasteiger partial charge in [-0.25, -0.2) is 0 Å². The fourth-order valence-electron chi connectivity index (χ4n) is 2.39. The van der Waals surface area contributed by atoms with E-state index in [1.807, 2.05) is 62.4 Å². The minimum absolute atomic E-state index is 0.102. The molecule has 22 heavy (non-hydrogen) atoms. The van der Waals surface area contributed by atoms with E-state index in [0.29, 0.717) is 12.2 Å². The normalized spacial score (nSPS) is 11.8. The molecule has 1 atom stereocenters. The van der Waals surface area contributed by atoms with Crippen molar-refractivity contribution in [1.29, 1.82) is 0 Å². The van der Waals surface area contributed by atoms with E-state index < -0.39 is 6.10 Å². The van der Waals surface area contributed by atoms with Gasteiger partial charge >= 0.3 is 0 Å². The molecule has 0 radical (unpaired) electrons. The minimum atomic E-state index is -0.494. The number of ether oxygens (including phenoxy) is 1. The highest BCUT2D eigenvalue weighted by Crippen LogP contribution is 2.22. The number of hydrogen-bond acceptors (Lipinski definition) is 2. The molecule has 3 heteroatoms. The lowest BCUT2D eigenvalue weighted by molar-refractivity contribution is -0.122. The van der Waals surface area contributed by atoms with Crippen LogP contribution in [0, 0.1) is 6.92 Å². The third-order valence-electron chi connectivity index (χ3n) is 3.67. The lowest BCUT2D eigenvalue weighted by Crippen LogP contribution is -2.33. The van der Waals surface area contributed by atoms with Gasteiger partial charge in [0.1, 0.15) is 5.75 Å². The van der Waals surface area contributed by atoms with Gasteiger partial charge in [-0.3, -0.25) is 4.79 Å². The maximum absolute atomic E-state index is 12.5. The van der Waals surface area contributed by atoms with Crippen molar-refractivity contribution in [2.75, 3.05) is 5.32 Å². The Kier molecular flexibility index (Phi) is 5.59. The number of carbonyl (C=O) groups excluding carboxylic acids is 1. The third-order valence-corrected chi connectivity index (χ3v) is 3.67. The molecule has 0 bridgehead atoms. The summed E-state index contributed by atoms with van der Waals surface area (Å²) in [6, 6.07) is 15.5. The zero-order chi connectivity index (χ0) is 15.9. The number of aryl methyl sites for hydroxylation is 2. The molecule has 0 saturated heterocycles. The van der Waals surface area contributed by atoms with Crippen LogP contribution in [0.2, 0.25) is 0 Å². The number of para-hydroxylation sites is 2. The van der Waals surface area contributed by atoms with E-state index in [2.05, 4.69) is 12.2 Å². The van der Waals surface area contributed by atoms with Crippen molar-refractivity contribution < 1.29 is 9.53 Å². The molecule has 0 aromatic heterocycles. The van der Waals surface area contributed by atoms with Crippen molar-refractivity contribution in [3.63, 3.8) is 0 Å². The predicted molar refractivity (Wildman–Crippen MR) is 90.3 cm³/mol. The van der Waals surface area contributed by atoms with Gasteiger partial charge in [0.15, 0.2) is 6.10 Å². The molecule has 0 heterocycles. The van der Waals surface area contributed by atoms with E-state index in [1.54, 1.807) is 0 Å². The van der Waals surface area contributed by atoms with E-state index >= 15 is 0 Å². The second-order valence-electron chi connectivity index (χ2n) is 5.28. The number of nitrogens with one attached hydrogen (secondary N) is 1. The van der Waals surface area contributed by atoms with Gasteiger partial charge in [-0.1, -0.05) is 50.2 Å². The van der Waals surface area contributed by atoms with E-state index in [-0.39, 0.29) is 5.91 Å². The first-order chi connectivity index (χ1) is 10.7. The highest BCUT2D eigenvalue weighted by molar-refractivity contribution is 5.95. The Balaban J connectivity index is 2.13. The SMILES string of the molecule is CCc1cccc(C)c1NC(=O)[C@H](CC)Oc1ccccc1. The van der Waals surface area contributed by atoms with E-state index in [4.69, 9.17) is 4.74 Å². The van der Waals surface area contributed by atoms with Crippen LogP contribution in [0.25, 0.3) is 0 Å². The minimum Gasteiger partial charge on any atom is -0.481 e. The number of benzene rings is 2. The zero-order valence-corrected chi connectivity index (χ0v) is 13.4. The van der Waals surface area contributed by atoms with Crippen LogP contribution in [0.4, 0.5) is 5.69 Å². The number of anilines is 1. The van der Waals surface area contributed by atoms with Crippen molar-refractivity contribution in [3.8, 4) is 5.75 Å². The molecular formula is C19H23NO2. The van der Waals surface area contributed by atoms with Gasteiger partial charge in [-0.15, -0.1) is 0 Å². The van der Waals surface area contributed by atoms with Crippen LogP contribution in [0.15, 0.2) is 48.5 Å². The zero-order valence-electron chi connectivity index (χ0n) is 13.4. The van der Waals surface area contributed by atoms with Crippen molar-refractivity contribution in [3.05, 3.63) is 59.7 Å². The van der Waals surface area contributed by atoms with Crippen LogP contribution < -0.4 is 10.1 Å². The molecule has 3 nitrogen and oxygen atoms in total. The highest BCUT2D eigenvalue weighted by atomic mass is 16.5. The Morgan fingerprint density at radius 1 is 1.09 bits per heavy atom. The van der Waals surface area contributed by atoms with Crippen LogP contribution in [-0.4, -0.2) is 12.0 Å². The largest absolute Gasteiger partial charge is 0.481 e. The number of hydrogen-bond donors (Lipinski definition) is 1. The van der Waals surface area contributed by atoms with E-state index in [0.717, 1.165) is 23.2 Å². The molecule has 0 aliphatic carbocycles.